The number of anilines is 2. The summed E-state index contributed by atoms with van der Waals surface area (Å²) in [6.07, 6.45) is 3.11. The number of hydrogen-bond acceptors (Lipinski definition) is 5. The van der Waals surface area contributed by atoms with Gasteiger partial charge in [0.2, 0.25) is 11.8 Å². The number of para-hydroxylation sites is 1. The summed E-state index contributed by atoms with van der Waals surface area (Å²) in [7, 11) is 0. The van der Waals surface area contributed by atoms with E-state index in [1.165, 1.54) is 17.3 Å². The van der Waals surface area contributed by atoms with Gasteiger partial charge in [-0.05, 0) is 43.3 Å². The zero-order chi connectivity index (χ0) is 19.8. The van der Waals surface area contributed by atoms with Crippen LogP contribution in [0.1, 0.15) is 19.4 Å². The summed E-state index contributed by atoms with van der Waals surface area (Å²) in [5, 5.41) is 9.56. The Bertz CT molecular complexity index is 895. The first-order chi connectivity index (χ1) is 13.6. The zero-order valence-corrected chi connectivity index (χ0v) is 15.4. The van der Waals surface area contributed by atoms with Gasteiger partial charge in [0, 0.05) is 11.4 Å². The summed E-state index contributed by atoms with van der Waals surface area (Å²) >= 11 is 0. The van der Waals surface area contributed by atoms with Crippen molar-refractivity contribution in [1.29, 1.82) is 0 Å². The smallest absolute Gasteiger partial charge is 0.249 e. The fraction of sp³-hybridized carbons (Fsp3) is 0.200. The minimum Gasteiger partial charge on any atom is -0.493 e. The Balaban J connectivity index is 1.44. The molecule has 28 heavy (non-hydrogen) atoms. The quantitative estimate of drug-likeness (QED) is 0.627. The second-order valence-corrected chi connectivity index (χ2v) is 6.08. The molecule has 0 fully saturated rings. The molecule has 2 amide bonds. The van der Waals surface area contributed by atoms with Gasteiger partial charge in [-0.15, -0.1) is 0 Å². The van der Waals surface area contributed by atoms with E-state index in [1.807, 2.05) is 30.3 Å². The normalized spacial score (nSPS) is 11.5. The van der Waals surface area contributed by atoms with Gasteiger partial charge in [0.25, 0.3) is 0 Å². The summed E-state index contributed by atoms with van der Waals surface area (Å²) in [6.45, 7) is 2.03. The number of nitrogens with zero attached hydrogens (tertiary/aromatic N) is 3. The van der Waals surface area contributed by atoms with Crippen molar-refractivity contribution in [3.8, 4) is 5.75 Å². The standard InChI is InChI=1S/C20H21N5O3/c1-15(25-14-21-13-22-25)20(27)24-17-9-7-16(8-10-17)23-19(26)11-12-28-18-5-3-2-4-6-18/h2-10,13-15H,11-12H2,1H3,(H,23,26)(H,24,27). The molecule has 0 aliphatic rings. The lowest BCUT2D eigenvalue weighted by Crippen LogP contribution is -2.24. The molecule has 0 aliphatic heterocycles. The van der Waals surface area contributed by atoms with Crippen LogP contribution in [0.2, 0.25) is 0 Å². The maximum atomic E-state index is 12.2. The summed E-state index contributed by atoms with van der Waals surface area (Å²) < 4.78 is 6.98. The van der Waals surface area contributed by atoms with Gasteiger partial charge >= 0.3 is 0 Å². The molecule has 0 aliphatic carbocycles. The lowest BCUT2D eigenvalue weighted by atomic mass is 10.2. The van der Waals surface area contributed by atoms with Crippen LogP contribution in [0.4, 0.5) is 11.4 Å². The minimum atomic E-state index is -0.480. The highest BCUT2D eigenvalue weighted by Crippen LogP contribution is 2.16. The SMILES string of the molecule is CC(C(=O)Nc1ccc(NC(=O)CCOc2ccccc2)cc1)n1cncn1. The summed E-state index contributed by atoms with van der Waals surface area (Å²) in [6, 6.07) is 15.8. The van der Waals surface area contributed by atoms with Crippen molar-refractivity contribution < 1.29 is 14.3 Å². The third-order valence-electron chi connectivity index (χ3n) is 3.99. The van der Waals surface area contributed by atoms with Crippen molar-refractivity contribution in [3.05, 3.63) is 67.3 Å². The molecule has 0 spiro atoms. The fourth-order valence-electron chi connectivity index (χ4n) is 2.42. The van der Waals surface area contributed by atoms with E-state index in [9.17, 15) is 9.59 Å². The van der Waals surface area contributed by atoms with Crippen LogP contribution in [0, 0.1) is 0 Å². The van der Waals surface area contributed by atoms with E-state index >= 15 is 0 Å². The molecule has 8 heteroatoms. The lowest BCUT2D eigenvalue weighted by molar-refractivity contribution is -0.119. The average molecular weight is 379 g/mol. The van der Waals surface area contributed by atoms with Gasteiger partial charge in [-0.25, -0.2) is 9.67 Å². The molecule has 2 aromatic carbocycles. The lowest BCUT2D eigenvalue weighted by Gasteiger charge is -2.12. The van der Waals surface area contributed by atoms with Crippen LogP contribution in [-0.2, 0) is 9.59 Å². The number of carbonyl (C=O) groups is 2. The van der Waals surface area contributed by atoms with E-state index in [2.05, 4.69) is 20.7 Å². The Morgan fingerprint density at radius 2 is 1.71 bits per heavy atom. The number of rotatable bonds is 8. The first-order valence-electron chi connectivity index (χ1n) is 8.84. The molecule has 1 unspecified atom stereocenters. The van der Waals surface area contributed by atoms with Crippen molar-refractivity contribution >= 4 is 23.2 Å². The highest BCUT2D eigenvalue weighted by molar-refractivity contribution is 5.94. The number of ether oxygens (including phenoxy) is 1. The average Bonchev–Trinajstić information content (AvgIpc) is 3.24. The molecular weight excluding hydrogens is 358 g/mol. The largest absolute Gasteiger partial charge is 0.493 e. The van der Waals surface area contributed by atoms with Crippen molar-refractivity contribution in [3.63, 3.8) is 0 Å². The van der Waals surface area contributed by atoms with Crippen LogP contribution in [0.3, 0.4) is 0 Å². The number of amides is 2. The number of nitrogens with one attached hydrogen (secondary N) is 2. The van der Waals surface area contributed by atoms with Gasteiger partial charge in [0.1, 0.15) is 24.4 Å². The molecule has 1 aromatic heterocycles. The van der Waals surface area contributed by atoms with Crippen LogP contribution in [-0.4, -0.2) is 33.2 Å². The zero-order valence-electron chi connectivity index (χ0n) is 15.4. The van der Waals surface area contributed by atoms with E-state index in [4.69, 9.17) is 4.74 Å². The highest BCUT2D eigenvalue weighted by atomic mass is 16.5. The van der Waals surface area contributed by atoms with Crippen molar-refractivity contribution in [1.82, 2.24) is 14.8 Å². The minimum absolute atomic E-state index is 0.146. The first kappa shape index (κ1) is 19.1. The van der Waals surface area contributed by atoms with Crippen molar-refractivity contribution in [2.24, 2.45) is 0 Å². The third-order valence-corrected chi connectivity index (χ3v) is 3.99. The van der Waals surface area contributed by atoms with Gasteiger partial charge in [0.05, 0.1) is 13.0 Å². The first-order valence-corrected chi connectivity index (χ1v) is 8.84. The third kappa shape index (κ3) is 5.41. The van der Waals surface area contributed by atoms with Gasteiger partial charge < -0.3 is 15.4 Å². The maximum Gasteiger partial charge on any atom is 0.249 e. The molecule has 0 radical (unpaired) electrons. The van der Waals surface area contributed by atoms with E-state index in [0.29, 0.717) is 18.0 Å². The molecule has 0 saturated heterocycles. The Kier molecular flexibility index (Phi) is 6.35. The number of carbonyl (C=O) groups excluding carboxylic acids is 2. The van der Waals surface area contributed by atoms with Crippen LogP contribution >= 0.6 is 0 Å². The van der Waals surface area contributed by atoms with Crippen LogP contribution in [0.25, 0.3) is 0 Å². The molecule has 0 bridgehead atoms. The van der Waals surface area contributed by atoms with E-state index in [-0.39, 0.29) is 18.2 Å². The van der Waals surface area contributed by atoms with Gasteiger partial charge in [0.15, 0.2) is 0 Å². The molecule has 144 valence electrons. The summed E-state index contributed by atoms with van der Waals surface area (Å²) in [5.74, 6) is 0.378. The second kappa shape index (κ2) is 9.31. The molecule has 8 nitrogen and oxygen atoms in total. The summed E-state index contributed by atoms with van der Waals surface area (Å²) in [4.78, 5) is 28.1. The molecule has 3 aromatic rings. The van der Waals surface area contributed by atoms with E-state index < -0.39 is 6.04 Å². The second-order valence-electron chi connectivity index (χ2n) is 6.08. The molecule has 3 rings (SSSR count). The Morgan fingerprint density at radius 3 is 2.36 bits per heavy atom. The molecule has 1 heterocycles. The number of benzene rings is 2. The topological polar surface area (TPSA) is 98.1 Å². The van der Waals surface area contributed by atoms with Crippen LogP contribution in [0.5, 0.6) is 5.75 Å². The van der Waals surface area contributed by atoms with Crippen LogP contribution < -0.4 is 15.4 Å². The predicted molar refractivity (Wildman–Crippen MR) is 105 cm³/mol. The van der Waals surface area contributed by atoms with Crippen molar-refractivity contribution in [2.75, 3.05) is 17.2 Å². The van der Waals surface area contributed by atoms with Gasteiger partial charge in [-0.1, -0.05) is 18.2 Å². The number of aromatic nitrogens is 3. The van der Waals surface area contributed by atoms with E-state index in [0.717, 1.165) is 5.75 Å². The maximum absolute atomic E-state index is 12.2. The Morgan fingerprint density at radius 1 is 1.04 bits per heavy atom. The van der Waals surface area contributed by atoms with Gasteiger partial charge in [-0.3, -0.25) is 9.59 Å². The molecule has 1 atom stereocenters. The van der Waals surface area contributed by atoms with Gasteiger partial charge in [-0.2, -0.15) is 5.10 Å². The predicted octanol–water partition coefficient (Wildman–Crippen LogP) is 2.89. The fourth-order valence-corrected chi connectivity index (χ4v) is 2.42. The van der Waals surface area contributed by atoms with E-state index in [1.54, 1.807) is 31.2 Å². The molecule has 0 saturated carbocycles. The molecule has 2 N–H and O–H groups in total. The molecular formula is C20H21N5O3. The number of hydrogen-bond donors (Lipinski definition) is 2. The monoisotopic (exact) mass is 379 g/mol. The summed E-state index contributed by atoms with van der Waals surface area (Å²) in [5.41, 5.74) is 1.27. The Labute approximate surface area is 162 Å². The van der Waals surface area contributed by atoms with Crippen LogP contribution in [0.15, 0.2) is 67.3 Å². The van der Waals surface area contributed by atoms with Crippen molar-refractivity contribution in [2.45, 2.75) is 19.4 Å². The Hall–Kier alpha value is -3.68. The highest BCUT2D eigenvalue weighted by Gasteiger charge is 2.15.